The Labute approximate surface area is 137 Å². The van der Waals surface area contributed by atoms with Crippen LogP contribution in [0.15, 0.2) is 0 Å². The monoisotopic (exact) mass is 328 g/mol. The summed E-state index contributed by atoms with van der Waals surface area (Å²) < 4.78 is 11.6. The fourth-order valence-corrected chi connectivity index (χ4v) is 3.64. The van der Waals surface area contributed by atoms with Gasteiger partial charge in [-0.3, -0.25) is 9.59 Å². The summed E-state index contributed by atoms with van der Waals surface area (Å²) in [6, 6.07) is 0. The highest BCUT2D eigenvalue weighted by Gasteiger charge is 2.39. The van der Waals surface area contributed by atoms with Gasteiger partial charge in [-0.1, -0.05) is 19.3 Å². The van der Waals surface area contributed by atoms with Crippen molar-refractivity contribution in [2.24, 2.45) is 11.8 Å². The normalized spacial score (nSPS) is 29.3. The molecule has 0 radical (unpaired) electrons. The smallest absolute Gasteiger partial charge is 0.307 e. The first kappa shape index (κ1) is 18.2. The van der Waals surface area contributed by atoms with E-state index in [0.717, 1.165) is 19.3 Å². The second-order valence-corrected chi connectivity index (χ2v) is 6.68. The van der Waals surface area contributed by atoms with E-state index in [4.69, 9.17) is 14.6 Å². The molecule has 0 amide bonds. The van der Waals surface area contributed by atoms with Crippen molar-refractivity contribution in [1.82, 2.24) is 0 Å². The Morgan fingerprint density at radius 3 is 2.00 bits per heavy atom. The molecule has 0 saturated heterocycles. The van der Waals surface area contributed by atoms with Crippen molar-refractivity contribution >= 4 is 11.9 Å². The summed E-state index contributed by atoms with van der Waals surface area (Å²) >= 11 is 0. The average molecular weight is 328 g/mol. The number of hydrogen-bond acceptors (Lipinski definition) is 4. The van der Waals surface area contributed by atoms with Crippen LogP contribution >= 0.6 is 0 Å². The van der Waals surface area contributed by atoms with E-state index in [1.54, 1.807) is 0 Å². The van der Waals surface area contributed by atoms with Gasteiger partial charge in [-0.15, -0.1) is 0 Å². The number of ether oxygens (including phenoxy) is 2. The lowest BCUT2D eigenvalue weighted by Gasteiger charge is -2.31. The van der Waals surface area contributed by atoms with Crippen LogP contribution in [0, 0.1) is 11.8 Å². The van der Waals surface area contributed by atoms with Crippen molar-refractivity contribution in [1.29, 1.82) is 0 Å². The number of aliphatic carboxylic acids is 2. The van der Waals surface area contributed by atoms with Gasteiger partial charge in [0.25, 0.3) is 0 Å². The first-order valence-electron chi connectivity index (χ1n) is 8.76. The molecule has 2 aliphatic carbocycles. The Bertz CT molecular complexity index is 391. The molecule has 6 nitrogen and oxygen atoms in total. The molecule has 0 aromatic carbocycles. The Morgan fingerprint density at radius 2 is 1.39 bits per heavy atom. The second kappa shape index (κ2) is 9.23. The minimum absolute atomic E-state index is 0.151. The van der Waals surface area contributed by atoms with Crippen molar-refractivity contribution in [3.8, 4) is 0 Å². The van der Waals surface area contributed by atoms with Gasteiger partial charge >= 0.3 is 11.9 Å². The van der Waals surface area contributed by atoms with Gasteiger partial charge in [-0.2, -0.15) is 0 Å². The molecule has 3 unspecified atom stereocenters. The molecule has 3 atom stereocenters. The summed E-state index contributed by atoms with van der Waals surface area (Å²) in [7, 11) is 0. The highest BCUT2D eigenvalue weighted by molar-refractivity contribution is 5.80. The number of carboxylic acids is 2. The molecule has 132 valence electrons. The minimum atomic E-state index is -1.04. The molecule has 2 fully saturated rings. The van der Waals surface area contributed by atoms with Crippen molar-refractivity contribution in [3.63, 3.8) is 0 Å². The molecule has 23 heavy (non-hydrogen) atoms. The maximum absolute atomic E-state index is 11.2. The third kappa shape index (κ3) is 5.77. The fraction of sp³-hybridized carbons (Fsp3) is 0.882. The topological polar surface area (TPSA) is 93.1 Å². The molecule has 0 spiro atoms. The van der Waals surface area contributed by atoms with E-state index in [2.05, 4.69) is 0 Å². The minimum Gasteiger partial charge on any atom is -0.481 e. The van der Waals surface area contributed by atoms with Gasteiger partial charge in [0.15, 0.2) is 0 Å². The predicted octanol–water partition coefficient (Wildman–Crippen LogP) is 2.70. The Balaban J connectivity index is 1.62. The quantitative estimate of drug-likeness (QED) is 0.665. The standard InChI is InChI=1S/C17H28O6/c18-16(19)14-8-7-13(11-15(14)17(20)21)23-10-4-9-22-12-5-2-1-3-6-12/h12-15H,1-11H2,(H,18,19)(H,20,21). The van der Waals surface area contributed by atoms with E-state index in [1.807, 2.05) is 0 Å². The van der Waals surface area contributed by atoms with Crippen LogP contribution in [0.4, 0.5) is 0 Å². The summed E-state index contributed by atoms with van der Waals surface area (Å²) in [6.07, 6.45) is 8.44. The highest BCUT2D eigenvalue weighted by Crippen LogP contribution is 2.32. The van der Waals surface area contributed by atoms with E-state index in [-0.39, 0.29) is 12.5 Å². The lowest BCUT2D eigenvalue weighted by molar-refractivity contribution is -0.158. The lowest BCUT2D eigenvalue weighted by Crippen LogP contribution is -2.38. The number of hydrogen-bond donors (Lipinski definition) is 2. The maximum Gasteiger partial charge on any atom is 0.307 e. The molecular weight excluding hydrogens is 300 g/mol. The summed E-state index contributed by atoms with van der Waals surface area (Å²) in [6.45, 7) is 1.22. The van der Waals surface area contributed by atoms with E-state index >= 15 is 0 Å². The van der Waals surface area contributed by atoms with E-state index in [9.17, 15) is 14.7 Å². The van der Waals surface area contributed by atoms with Crippen LogP contribution in [0.1, 0.15) is 57.8 Å². The van der Waals surface area contributed by atoms with Crippen LogP contribution in [-0.4, -0.2) is 47.6 Å². The van der Waals surface area contributed by atoms with Gasteiger partial charge in [0.2, 0.25) is 0 Å². The maximum atomic E-state index is 11.2. The van der Waals surface area contributed by atoms with Crippen molar-refractivity contribution in [3.05, 3.63) is 0 Å². The van der Waals surface area contributed by atoms with Crippen molar-refractivity contribution in [2.45, 2.75) is 70.0 Å². The van der Waals surface area contributed by atoms with Crippen LogP contribution < -0.4 is 0 Å². The Kier molecular flexibility index (Phi) is 7.30. The molecule has 2 N–H and O–H groups in total. The summed E-state index contributed by atoms with van der Waals surface area (Å²) in [5, 5.41) is 18.3. The highest BCUT2D eigenvalue weighted by atomic mass is 16.5. The van der Waals surface area contributed by atoms with Crippen LogP contribution in [0.25, 0.3) is 0 Å². The number of rotatable bonds is 8. The summed E-state index contributed by atoms with van der Waals surface area (Å²) in [5.74, 6) is -3.69. The first-order valence-corrected chi connectivity index (χ1v) is 8.76. The molecule has 2 aliphatic rings. The van der Waals surface area contributed by atoms with Crippen LogP contribution in [0.2, 0.25) is 0 Å². The first-order chi connectivity index (χ1) is 11.1. The second-order valence-electron chi connectivity index (χ2n) is 6.68. The average Bonchev–Trinajstić information content (AvgIpc) is 2.55. The molecule has 0 bridgehead atoms. The Morgan fingerprint density at radius 1 is 0.783 bits per heavy atom. The predicted molar refractivity (Wildman–Crippen MR) is 83.3 cm³/mol. The van der Waals surface area contributed by atoms with Crippen LogP contribution in [0.3, 0.4) is 0 Å². The van der Waals surface area contributed by atoms with Crippen molar-refractivity contribution in [2.75, 3.05) is 13.2 Å². The van der Waals surface area contributed by atoms with Crippen LogP contribution in [0.5, 0.6) is 0 Å². The van der Waals surface area contributed by atoms with Gasteiger partial charge in [0, 0.05) is 13.2 Å². The zero-order valence-corrected chi connectivity index (χ0v) is 13.6. The van der Waals surface area contributed by atoms with E-state index < -0.39 is 23.8 Å². The number of carbonyl (C=O) groups is 2. The fourth-order valence-electron chi connectivity index (χ4n) is 3.64. The SMILES string of the molecule is O=C(O)C1CCC(OCCCOC2CCCCC2)CC1C(=O)O. The molecular formula is C17H28O6. The molecule has 0 aliphatic heterocycles. The summed E-state index contributed by atoms with van der Waals surface area (Å²) in [5.41, 5.74) is 0. The summed E-state index contributed by atoms with van der Waals surface area (Å²) in [4.78, 5) is 22.3. The molecule has 0 aromatic rings. The third-order valence-corrected chi connectivity index (χ3v) is 4.98. The van der Waals surface area contributed by atoms with Gasteiger partial charge < -0.3 is 19.7 Å². The van der Waals surface area contributed by atoms with E-state index in [1.165, 1.54) is 19.3 Å². The van der Waals surface area contributed by atoms with Gasteiger partial charge in [-0.25, -0.2) is 0 Å². The van der Waals surface area contributed by atoms with E-state index in [0.29, 0.717) is 32.2 Å². The third-order valence-electron chi connectivity index (χ3n) is 4.98. The largest absolute Gasteiger partial charge is 0.481 e. The molecule has 2 rings (SSSR count). The zero-order chi connectivity index (χ0) is 16.7. The molecule has 2 saturated carbocycles. The number of carboxylic acid groups (broad SMARTS) is 2. The van der Waals surface area contributed by atoms with Gasteiger partial charge in [0.1, 0.15) is 0 Å². The van der Waals surface area contributed by atoms with Crippen LogP contribution in [-0.2, 0) is 19.1 Å². The van der Waals surface area contributed by atoms with Gasteiger partial charge in [-0.05, 0) is 38.5 Å². The molecule has 6 heteroatoms. The zero-order valence-electron chi connectivity index (χ0n) is 13.6. The lowest BCUT2D eigenvalue weighted by atomic mass is 9.78. The van der Waals surface area contributed by atoms with Gasteiger partial charge in [0.05, 0.1) is 24.0 Å². The molecule has 0 heterocycles. The Hall–Kier alpha value is -1.14. The molecule has 0 aromatic heterocycles. The van der Waals surface area contributed by atoms with Crippen molar-refractivity contribution < 1.29 is 29.3 Å².